The van der Waals surface area contributed by atoms with E-state index in [2.05, 4.69) is 5.32 Å². The summed E-state index contributed by atoms with van der Waals surface area (Å²) < 4.78 is 0. The molecule has 0 spiro atoms. The first-order valence-corrected chi connectivity index (χ1v) is 7.49. The Labute approximate surface area is 140 Å². The molecule has 0 aliphatic carbocycles. The highest BCUT2D eigenvalue weighted by Crippen LogP contribution is 2.18. The van der Waals surface area contributed by atoms with E-state index in [-0.39, 0.29) is 0 Å². The van der Waals surface area contributed by atoms with E-state index in [0.717, 1.165) is 5.56 Å². The van der Waals surface area contributed by atoms with Gasteiger partial charge < -0.3 is 15.5 Å². The van der Waals surface area contributed by atoms with E-state index in [9.17, 15) is 14.7 Å². The Kier molecular flexibility index (Phi) is 5.87. The van der Waals surface area contributed by atoms with Crippen LogP contribution in [-0.4, -0.2) is 28.2 Å². The van der Waals surface area contributed by atoms with Crippen molar-refractivity contribution in [1.29, 1.82) is 0 Å². The predicted octanol–water partition coefficient (Wildman–Crippen LogP) is 2.39. The van der Waals surface area contributed by atoms with Crippen LogP contribution in [0.3, 0.4) is 0 Å². The number of nitrogens with one attached hydrogen (secondary N) is 1. The number of aliphatic hydroxyl groups excluding tert-OH is 1. The minimum Gasteiger partial charge on any atom is -0.479 e. The Hall–Kier alpha value is -2.92. The second-order valence-electron chi connectivity index (χ2n) is 5.38. The van der Waals surface area contributed by atoms with E-state index < -0.39 is 24.0 Å². The molecule has 0 aliphatic heterocycles. The number of carboxylic acid groups (broad SMARTS) is 1. The molecule has 2 atom stereocenters. The average molecular weight is 325 g/mol. The fraction of sp³-hybridized carbons (Fsp3) is 0.158. The minimum atomic E-state index is -1.74. The fourth-order valence-electron chi connectivity index (χ4n) is 2.27. The lowest BCUT2D eigenvalue weighted by molar-refractivity contribution is -0.148. The molecule has 5 heteroatoms. The van der Waals surface area contributed by atoms with Crippen LogP contribution in [0.1, 0.15) is 24.1 Å². The number of rotatable bonds is 6. The Morgan fingerprint density at radius 1 is 1.00 bits per heavy atom. The van der Waals surface area contributed by atoms with E-state index in [1.807, 2.05) is 30.3 Å². The van der Waals surface area contributed by atoms with Crippen molar-refractivity contribution in [2.24, 2.45) is 0 Å². The summed E-state index contributed by atoms with van der Waals surface area (Å²) >= 11 is 0. The number of aliphatic hydroxyl groups is 1. The van der Waals surface area contributed by atoms with Crippen LogP contribution in [0.4, 0.5) is 0 Å². The van der Waals surface area contributed by atoms with E-state index in [0.29, 0.717) is 11.1 Å². The first-order chi connectivity index (χ1) is 11.5. The summed E-state index contributed by atoms with van der Waals surface area (Å²) in [5.74, 6) is -1.83. The standard InChI is InChI=1S/C19H19NO4/c1-13(12-14-8-4-2-5-9-14)18(22)20-16(17(21)19(23)24)15-10-6-3-7-11-15/h2-12,16-17,21H,1H3,(H,20,22)(H,23,24)/b13-12+. The van der Waals surface area contributed by atoms with Crippen molar-refractivity contribution in [3.63, 3.8) is 0 Å². The van der Waals surface area contributed by atoms with Gasteiger partial charge in [0.25, 0.3) is 0 Å². The van der Waals surface area contributed by atoms with Gasteiger partial charge in [0.15, 0.2) is 6.10 Å². The van der Waals surface area contributed by atoms with Crippen LogP contribution in [0, 0.1) is 0 Å². The van der Waals surface area contributed by atoms with Crippen molar-refractivity contribution in [3.8, 4) is 0 Å². The average Bonchev–Trinajstić information content (AvgIpc) is 2.60. The number of benzene rings is 2. The van der Waals surface area contributed by atoms with Crippen LogP contribution in [0.2, 0.25) is 0 Å². The van der Waals surface area contributed by atoms with Crippen LogP contribution in [0.15, 0.2) is 66.2 Å². The van der Waals surface area contributed by atoms with Gasteiger partial charge in [0.2, 0.25) is 5.91 Å². The van der Waals surface area contributed by atoms with E-state index in [1.165, 1.54) is 0 Å². The first-order valence-electron chi connectivity index (χ1n) is 7.49. The first kappa shape index (κ1) is 17.4. The topological polar surface area (TPSA) is 86.6 Å². The quantitative estimate of drug-likeness (QED) is 0.712. The van der Waals surface area contributed by atoms with Gasteiger partial charge >= 0.3 is 5.97 Å². The van der Waals surface area contributed by atoms with Gasteiger partial charge in [-0.3, -0.25) is 4.79 Å². The third kappa shape index (κ3) is 4.54. The molecule has 24 heavy (non-hydrogen) atoms. The fourth-order valence-corrected chi connectivity index (χ4v) is 2.27. The number of amides is 1. The second kappa shape index (κ2) is 8.08. The van der Waals surface area contributed by atoms with Gasteiger partial charge in [-0.05, 0) is 24.1 Å². The zero-order valence-corrected chi connectivity index (χ0v) is 13.2. The van der Waals surface area contributed by atoms with Crippen LogP contribution >= 0.6 is 0 Å². The van der Waals surface area contributed by atoms with Crippen molar-refractivity contribution >= 4 is 18.0 Å². The number of hydrogen-bond donors (Lipinski definition) is 3. The number of carbonyl (C=O) groups excluding carboxylic acids is 1. The number of hydrogen-bond acceptors (Lipinski definition) is 3. The van der Waals surface area contributed by atoms with Crippen molar-refractivity contribution in [1.82, 2.24) is 5.32 Å². The number of carboxylic acids is 1. The molecule has 2 aromatic rings. The molecule has 5 nitrogen and oxygen atoms in total. The lowest BCUT2D eigenvalue weighted by Gasteiger charge is -2.22. The minimum absolute atomic E-state index is 0.416. The zero-order chi connectivity index (χ0) is 17.5. The summed E-state index contributed by atoms with van der Waals surface area (Å²) in [6.45, 7) is 1.64. The molecule has 0 bridgehead atoms. The van der Waals surface area contributed by atoms with Gasteiger partial charge in [0.1, 0.15) is 0 Å². The number of carbonyl (C=O) groups is 2. The lowest BCUT2D eigenvalue weighted by Crippen LogP contribution is -2.40. The zero-order valence-electron chi connectivity index (χ0n) is 13.2. The summed E-state index contributed by atoms with van der Waals surface area (Å²) in [7, 11) is 0. The van der Waals surface area contributed by atoms with Gasteiger partial charge in [0.05, 0.1) is 6.04 Å². The molecule has 0 fully saturated rings. The van der Waals surface area contributed by atoms with E-state index in [1.54, 1.807) is 43.3 Å². The summed E-state index contributed by atoms with van der Waals surface area (Å²) in [6.07, 6.45) is -0.0364. The molecular weight excluding hydrogens is 306 g/mol. The maximum atomic E-state index is 12.4. The van der Waals surface area contributed by atoms with Crippen molar-refractivity contribution in [3.05, 3.63) is 77.4 Å². The van der Waals surface area contributed by atoms with Crippen LogP contribution in [0.5, 0.6) is 0 Å². The molecule has 0 saturated carbocycles. The Morgan fingerprint density at radius 3 is 2.08 bits per heavy atom. The second-order valence-corrected chi connectivity index (χ2v) is 5.38. The smallest absolute Gasteiger partial charge is 0.335 e. The van der Waals surface area contributed by atoms with Crippen LogP contribution in [-0.2, 0) is 9.59 Å². The highest BCUT2D eigenvalue weighted by atomic mass is 16.4. The van der Waals surface area contributed by atoms with E-state index in [4.69, 9.17) is 5.11 Å². The van der Waals surface area contributed by atoms with Gasteiger partial charge in [-0.2, -0.15) is 0 Å². The van der Waals surface area contributed by atoms with Crippen molar-refractivity contribution in [2.45, 2.75) is 19.1 Å². The van der Waals surface area contributed by atoms with Crippen molar-refractivity contribution in [2.75, 3.05) is 0 Å². The maximum Gasteiger partial charge on any atom is 0.335 e. The summed E-state index contributed by atoms with van der Waals surface area (Å²) in [6, 6.07) is 16.8. The van der Waals surface area contributed by atoms with Gasteiger partial charge in [-0.15, -0.1) is 0 Å². The predicted molar refractivity (Wildman–Crippen MR) is 91.1 cm³/mol. The SMILES string of the molecule is C/C(=C\c1ccccc1)C(=O)NC(c1ccccc1)C(O)C(=O)O. The Morgan fingerprint density at radius 2 is 1.54 bits per heavy atom. The van der Waals surface area contributed by atoms with Crippen LogP contribution in [0.25, 0.3) is 6.08 Å². The van der Waals surface area contributed by atoms with Gasteiger partial charge in [-0.25, -0.2) is 4.79 Å². The normalized spacial score (nSPS) is 13.8. The maximum absolute atomic E-state index is 12.4. The Bertz CT molecular complexity index is 726. The van der Waals surface area contributed by atoms with Crippen molar-refractivity contribution < 1.29 is 19.8 Å². The van der Waals surface area contributed by atoms with Crippen LogP contribution < -0.4 is 5.32 Å². The third-order valence-electron chi connectivity index (χ3n) is 3.55. The molecule has 0 radical (unpaired) electrons. The lowest BCUT2D eigenvalue weighted by atomic mass is 10.0. The van der Waals surface area contributed by atoms with Gasteiger partial charge in [0, 0.05) is 5.57 Å². The molecule has 3 N–H and O–H groups in total. The molecule has 2 aromatic carbocycles. The molecule has 0 heterocycles. The van der Waals surface area contributed by atoms with Gasteiger partial charge in [-0.1, -0.05) is 60.7 Å². The molecule has 0 aliphatic rings. The molecule has 0 aromatic heterocycles. The monoisotopic (exact) mass is 325 g/mol. The molecular formula is C19H19NO4. The van der Waals surface area contributed by atoms with E-state index >= 15 is 0 Å². The molecule has 0 saturated heterocycles. The Balaban J connectivity index is 2.21. The largest absolute Gasteiger partial charge is 0.479 e. The highest BCUT2D eigenvalue weighted by molar-refractivity contribution is 5.97. The summed E-state index contributed by atoms with van der Waals surface area (Å²) in [5.41, 5.74) is 1.80. The summed E-state index contributed by atoms with van der Waals surface area (Å²) in [4.78, 5) is 23.5. The molecule has 124 valence electrons. The highest BCUT2D eigenvalue weighted by Gasteiger charge is 2.28. The summed E-state index contributed by atoms with van der Waals surface area (Å²) in [5, 5.41) is 21.6. The molecule has 1 amide bonds. The number of aliphatic carboxylic acids is 1. The third-order valence-corrected chi connectivity index (χ3v) is 3.55. The molecule has 2 unspecified atom stereocenters. The molecule has 2 rings (SSSR count).